The molecule has 0 aromatic carbocycles. The summed E-state index contributed by atoms with van der Waals surface area (Å²) in [6.07, 6.45) is 2.66. The zero-order valence-electron chi connectivity index (χ0n) is 8.97. The minimum Gasteiger partial charge on any atom is -0.316 e. The van der Waals surface area contributed by atoms with E-state index < -0.39 is 0 Å². The molecule has 0 aliphatic carbocycles. The van der Waals surface area contributed by atoms with Crippen LogP contribution in [-0.2, 0) is 6.42 Å². The SMILES string of the molecule is CCc1c(=O)[nH]c(SC)c2c(C)n[nH]c12. The first kappa shape index (κ1) is 10.3. The number of aryl methyl sites for hydroxylation is 2. The van der Waals surface area contributed by atoms with Crippen molar-refractivity contribution in [3.8, 4) is 0 Å². The number of hydrogen-bond donors (Lipinski definition) is 2. The number of nitrogens with zero attached hydrogens (tertiary/aromatic N) is 1. The number of thioether (sulfide) groups is 1. The zero-order valence-corrected chi connectivity index (χ0v) is 9.79. The predicted molar refractivity (Wildman–Crippen MR) is 62.6 cm³/mol. The summed E-state index contributed by atoms with van der Waals surface area (Å²) in [4.78, 5) is 14.6. The van der Waals surface area contributed by atoms with E-state index in [2.05, 4.69) is 15.2 Å². The maximum absolute atomic E-state index is 11.7. The Balaban J connectivity index is 2.94. The molecular weight excluding hydrogens is 210 g/mol. The molecule has 2 heterocycles. The highest BCUT2D eigenvalue weighted by Crippen LogP contribution is 2.25. The van der Waals surface area contributed by atoms with Crippen LogP contribution in [0.25, 0.3) is 10.9 Å². The molecule has 2 aromatic heterocycles. The molecule has 80 valence electrons. The summed E-state index contributed by atoms with van der Waals surface area (Å²) < 4.78 is 0. The minimum atomic E-state index is -0.0157. The molecule has 0 saturated heterocycles. The lowest BCUT2D eigenvalue weighted by atomic mass is 10.1. The average molecular weight is 223 g/mol. The van der Waals surface area contributed by atoms with Crippen LogP contribution in [0.1, 0.15) is 18.2 Å². The molecule has 0 spiro atoms. The van der Waals surface area contributed by atoms with Crippen LogP contribution < -0.4 is 5.56 Å². The van der Waals surface area contributed by atoms with Gasteiger partial charge in [-0.1, -0.05) is 6.92 Å². The maximum atomic E-state index is 11.7. The Morgan fingerprint density at radius 1 is 1.47 bits per heavy atom. The smallest absolute Gasteiger partial charge is 0.254 e. The molecule has 0 radical (unpaired) electrons. The molecule has 2 rings (SSSR count). The largest absolute Gasteiger partial charge is 0.316 e. The van der Waals surface area contributed by atoms with E-state index in [-0.39, 0.29) is 5.56 Å². The Kier molecular flexibility index (Phi) is 2.56. The van der Waals surface area contributed by atoms with Crippen molar-refractivity contribution in [2.45, 2.75) is 25.3 Å². The van der Waals surface area contributed by atoms with E-state index in [1.165, 1.54) is 11.8 Å². The first-order valence-electron chi connectivity index (χ1n) is 4.82. The normalized spacial score (nSPS) is 11.1. The minimum absolute atomic E-state index is 0.0157. The molecule has 0 fully saturated rings. The van der Waals surface area contributed by atoms with Crippen molar-refractivity contribution in [3.05, 3.63) is 21.6 Å². The van der Waals surface area contributed by atoms with Crippen LogP contribution in [0.3, 0.4) is 0 Å². The second-order valence-corrected chi connectivity index (χ2v) is 4.19. The summed E-state index contributed by atoms with van der Waals surface area (Å²) in [6.45, 7) is 3.91. The van der Waals surface area contributed by atoms with Crippen molar-refractivity contribution in [3.63, 3.8) is 0 Å². The van der Waals surface area contributed by atoms with E-state index in [0.29, 0.717) is 6.42 Å². The number of rotatable bonds is 2. The molecule has 2 N–H and O–H groups in total. The van der Waals surface area contributed by atoms with E-state index in [9.17, 15) is 4.79 Å². The lowest BCUT2D eigenvalue weighted by Gasteiger charge is -2.03. The van der Waals surface area contributed by atoms with E-state index in [1.54, 1.807) is 0 Å². The number of hydrogen-bond acceptors (Lipinski definition) is 3. The molecule has 4 nitrogen and oxygen atoms in total. The van der Waals surface area contributed by atoms with Gasteiger partial charge in [0, 0.05) is 5.56 Å². The molecular formula is C10H13N3OS. The first-order valence-corrected chi connectivity index (χ1v) is 6.05. The molecule has 0 bridgehead atoms. The van der Waals surface area contributed by atoms with Gasteiger partial charge in [-0.25, -0.2) is 0 Å². The molecule has 15 heavy (non-hydrogen) atoms. The lowest BCUT2D eigenvalue weighted by Crippen LogP contribution is -2.13. The van der Waals surface area contributed by atoms with Crippen molar-refractivity contribution >= 4 is 22.7 Å². The summed E-state index contributed by atoms with van der Waals surface area (Å²) in [5, 5.41) is 9.02. The van der Waals surface area contributed by atoms with Gasteiger partial charge in [-0.3, -0.25) is 9.89 Å². The maximum Gasteiger partial charge on any atom is 0.254 e. The Labute approximate surface area is 91.5 Å². The van der Waals surface area contributed by atoms with Gasteiger partial charge in [0.1, 0.15) is 0 Å². The Morgan fingerprint density at radius 3 is 2.80 bits per heavy atom. The average Bonchev–Trinajstić information content (AvgIpc) is 2.60. The van der Waals surface area contributed by atoms with Crippen molar-refractivity contribution in [1.82, 2.24) is 15.2 Å². The molecule has 0 amide bonds. The number of aromatic amines is 2. The summed E-state index contributed by atoms with van der Waals surface area (Å²) in [5.41, 5.74) is 2.57. The van der Waals surface area contributed by atoms with Crippen molar-refractivity contribution < 1.29 is 0 Å². The summed E-state index contributed by atoms with van der Waals surface area (Å²) in [5.74, 6) is 0. The van der Waals surface area contributed by atoms with Gasteiger partial charge in [0.15, 0.2) is 0 Å². The Morgan fingerprint density at radius 2 is 2.20 bits per heavy atom. The fraction of sp³-hybridized carbons (Fsp3) is 0.400. The van der Waals surface area contributed by atoms with Gasteiger partial charge < -0.3 is 4.98 Å². The fourth-order valence-electron chi connectivity index (χ4n) is 1.77. The number of nitrogens with one attached hydrogen (secondary N) is 2. The molecule has 0 aliphatic rings. The quantitative estimate of drug-likeness (QED) is 0.764. The van der Waals surface area contributed by atoms with Gasteiger partial charge in [0.25, 0.3) is 5.56 Å². The highest BCUT2D eigenvalue weighted by molar-refractivity contribution is 7.98. The number of aromatic nitrogens is 3. The monoisotopic (exact) mass is 223 g/mol. The fourth-order valence-corrected chi connectivity index (χ4v) is 2.42. The third kappa shape index (κ3) is 1.47. The van der Waals surface area contributed by atoms with Crippen molar-refractivity contribution in [1.29, 1.82) is 0 Å². The molecule has 2 aromatic rings. The highest BCUT2D eigenvalue weighted by Gasteiger charge is 2.13. The van der Waals surface area contributed by atoms with Gasteiger partial charge in [0.2, 0.25) is 0 Å². The second kappa shape index (κ2) is 3.73. The topological polar surface area (TPSA) is 61.5 Å². The van der Waals surface area contributed by atoms with Crippen molar-refractivity contribution in [2.75, 3.05) is 6.26 Å². The molecule has 5 heteroatoms. The molecule has 0 saturated carbocycles. The Bertz CT molecular complexity index is 556. The van der Waals surface area contributed by atoms with Gasteiger partial charge in [-0.15, -0.1) is 11.8 Å². The third-order valence-corrected chi connectivity index (χ3v) is 3.25. The van der Waals surface area contributed by atoms with E-state index in [1.807, 2.05) is 20.1 Å². The summed E-state index contributed by atoms with van der Waals surface area (Å²) >= 11 is 1.53. The van der Waals surface area contributed by atoms with Crippen molar-refractivity contribution in [2.24, 2.45) is 0 Å². The zero-order chi connectivity index (χ0) is 11.0. The van der Waals surface area contributed by atoms with Crippen LogP contribution in [-0.4, -0.2) is 21.4 Å². The summed E-state index contributed by atoms with van der Waals surface area (Å²) in [7, 11) is 0. The van der Waals surface area contributed by atoms with E-state index in [0.717, 1.165) is 27.2 Å². The number of fused-ring (bicyclic) bond motifs is 1. The molecule has 0 atom stereocenters. The summed E-state index contributed by atoms with van der Waals surface area (Å²) in [6, 6.07) is 0. The number of pyridine rings is 1. The van der Waals surface area contributed by atoms with E-state index >= 15 is 0 Å². The van der Waals surface area contributed by atoms with E-state index in [4.69, 9.17) is 0 Å². The van der Waals surface area contributed by atoms with Crippen LogP contribution in [0.4, 0.5) is 0 Å². The Hall–Kier alpha value is -1.23. The second-order valence-electron chi connectivity index (χ2n) is 3.38. The van der Waals surface area contributed by atoms with Crippen LogP contribution in [0.2, 0.25) is 0 Å². The van der Waals surface area contributed by atoms with Crippen LogP contribution in [0, 0.1) is 6.92 Å². The highest BCUT2D eigenvalue weighted by atomic mass is 32.2. The van der Waals surface area contributed by atoms with Gasteiger partial charge >= 0.3 is 0 Å². The number of H-pyrrole nitrogens is 2. The third-order valence-electron chi connectivity index (χ3n) is 2.53. The molecule has 0 aliphatic heterocycles. The van der Waals surface area contributed by atoms with Crippen LogP contribution >= 0.6 is 11.8 Å². The van der Waals surface area contributed by atoms with Gasteiger partial charge in [0.05, 0.1) is 21.6 Å². The molecule has 0 unspecified atom stereocenters. The first-order chi connectivity index (χ1) is 7.19. The van der Waals surface area contributed by atoms with Crippen LogP contribution in [0.5, 0.6) is 0 Å². The predicted octanol–water partition coefficient (Wildman–Crippen LogP) is 1.84. The standard InChI is InChI=1S/C10H13N3OS/c1-4-6-8-7(5(2)12-13-8)10(15-3)11-9(6)14/h4H2,1-3H3,(H,11,14)(H,12,13). The van der Waals surface area contributed by atoms with Gasteiger partial charge in [-0.2, -0.15) is 5.10 Å². The van der Waals surface area contributed by atoms with Gasteiger partial charge in [-0.05, 0) is 19.6 Å². The lowest BCUT2D eigenvalue weighted by molar-refractivity contribution is 1.02. The van der Waals surface area contributed by atoms with Crippen LogP contribution in [0.15, 0.2) is 9.82 Å².